The van der Waals surface area contributed by atoms with Gasteiger partial charge >= 0.3 is 0 Å². The van der Waals surface area contributed by atoms with Gasteiger partial charge in [-0.05, 0) is 26.1 Å². The number of rotatable bonds is 4. The van der Waals surface area contributed by atoms with Crippen molar-refractivity contribution < 1.29 is 4.79 Å². The highest BCUT2D eigenvalue weighted by Gasteiger charge is 2.28. The van der Waals surface area contributed by atoms with Gasteiger partial charge in [0, 0.05) is 31.6 Å². The quantitative estimate of drug-likeness (QED) is 0.887. The molecule has 1 fully saturated rings. The van der Waals surface area contributed by atoms with E-state index in [2.05, 4.69) is 19.0 Å². The van der Waals surface area contributed by atoms with Gasteiger partial charge in [0.25, 0.3) is 0 Å². The summed E-state index contributed by atoms with van der Waals surface area (Å²) in [5.41, 5.74) is 7.13. The molecule has 1 aliphatic rings. The number of carbonyl (C=O) groups is 1. The molecule has 0 radical (unpaired) electrons. The molecule has 2 unspecified atom stereocenters. The summed E-state index contributed by atoms with van der Waals surface area (Å²) in [7, 11) is 4.13. The molecule has 1 amide bonds. The Morgan fingerprint density at radius 1 is 1.42 bits per heavy atom. The Morgan fingerprint density at radius 3 is 2.68 bits per heavy atom. The van der Waals surface area contributed by atoms with Crippen molar-refractivity contribution in [2.24, 2.45) is 5.73 Å². The Balaban J connectivity index is 1.88. The number of amides is 1. The van der Waals surface area contributed by atoms with Crippen LogP contribution in [0.25, 0.3) is 0 Å². The minimum absolute atomic E-state index is 0.167. The normalized spacial score (nSPS) is 20.8. The van der Waals surface area contributed by atoms with Crippen LogP contribution in [0.3, 0.4) is 0 Å². The summed E-state index contributed by atoms with van der Waals surface area (Å²) in [4.78, 5) is 16.3. The van der Waals surface area contributed by atoms with Crippen molar-refractivity contribution in [1.82, 2.24) is 9.80 Å². The maximum atomic E-state index is 12.2. The molecule has 1 aromatic carbocycles. The topological polar surface area (TPSA) is 49.6 Å². The van der Waals surface area contributed by atoms with E-state index in [1.807, 2.05) is 35.2 Å². The van der Waals surface area contributed by atoms with Gasteiger partial charge in [-0.1, -0.05) is 30.3 Å². The van der Waals surface area contributed by atoms with Crippen LogP contribution in [0.5, 0.6) is 0 Å². The molecule has 0 saturated carbocycles. The summed E-state index contributed by atoms with van der Waals surface area (Å²) in [5.74, 6) is 0.167. The van der Waals surface area contributed by atoms with E-state index >= 15 is 0 Å². The SMILES string of the molecule is CN(C)C1CCN(C(=O)CC(N)c2ccccc2)C1. The van der Waals surface area contributed by atoms with Crippen molar-refractivity contribution in [3.8, 4) is 0 Å². The molecule has 1 aromatic rings. The van der Waals surface area contributed by atoms with Crippen LogP contribution in [0.2, 0.25) is 0 Å². The molecule has 0 spiro atoms. The van der Waals surface area contributed by atoms with Crippen molar-refractivity contribution >= 4 is 5.91 Å². The van der Waals surface area contributed by atoms with Gasteiger partial charge in [-0.15, -0.1) is 0 Å². The number of nitrogens with zero attached hydrogens (tertiary/aromatic N) is 2. The number of likely N-dealkylation sites (tertiary alicyclic amines) is 1. The van der Waals surface area contributed by atoms with Gasteiger partial charge in [0.05, 0.1) is 0 Å². The third-order valence-corrected chi connectivity index (χ3v) is 3.87. The summed E-state index contributed by atoms with van der Waals surface area (Å²) in [6.07, 6.45) is 1.45. The van der Waals surface area contributed by atoms with Crippen LogP contribution in [0.1, 0.15) is 24.4 Å². The zero-order valence-electron chi connectivity index (χ0n) is 11.7. The number of hydrogen-bond acceptors (Lipinski definition) is 3. The molecule has 0 aromatic heterocycles. The predicted molar refractivity (Wildman–Crippen MR) is 76.7 cm³/mol. The molecular formula is C15H23N3O. The molecule has 104 valence electrons. The van der Waals surface area contributed by atoms with E-state index in [0.717, 1.165) is 25.1 Å². The number of nitrogens with two attached hydrogens (primary N) is 1. The maximum absolute atomic E-state index is 12.2. The van der Waals surface area contributed by atoms with Crippen molar-refractivity contribution in [3.05, 3.63) is 35.9 Å². The average molecular weight is 261 g/mol. The second-order valence-corrected chi connectivity index (χ2v) is 5.47. The zero-order chi connectivity index (χ0) is 13.8. The fraction of sp³-hybridized carbons (Fsp3) is 0.533. The summed E-state index contributed by atoms with van der Waals surface area (Å²) in [6.45, 7) is 1.68. The highest BCUT2D eigenvalue weighted by molar-refractivity contribution is 5.77. The van der Waals surface area contributed by atoms with Gasteiger partial charge in [0.2, 0.25) is 5.91 Å². The predicted octanol–water partition coefficient (Wildman–Crippen LogP) is 1.24. The lowest BCUT2D eigenvalue weighted by atomic mass is 10.0. The van der Waals surface area contributed by atoms with Gasteiger partial charge in [-0.2, -0.15) is 0 Å². The lowest BCUT2D eigenvalue weighted by Gasteiger charge is -2.21. The molecule has 1 saturated heterocycles. The number of hydrogen-bond donors (Lipinski definition) is 1. The largest absolute Gasteiger partial charge is 0.341 e. The van der Waals surface area contributed by atoms with Crippen LogP contribution in [0.4, 0.5) is 0 Å². The lowest BCUT2D eigenvalue weighted by molar-refractivity contribution is -0.130. The van der Waals surface area contributed by atoms with E-state index in [1.54, 1.807) is 0 Å². The van der Waals surface area contributed by atoms with Crippen molar-refractivity contribution in [2.75, 3.05) is 27.2 Å². The summed E-state index contributed by atoms with van der Waals surface area (Å²) >= 11 is 0. The van der Waals surface area contributed by atoms with Crippen LogP contribution in [-0.2, 0) is 4.79 Å². The van der Waals surface area contributed by atoms with Crippen LogP contribution >= 0.6 is 0 Å². The minimum atomic E-state index is -0.202. The first-order valence-corrected chi connectivity index (χ1v) is 6.82. The first kappa shape index (κ1) is 14.0. The Kier molecular flexibility index (Phi) is 4.56. The number of benzene rings is 1. The maximum Gasteiger partial charge on any atom is 0.224 e. The van der Waals surface area contributed by atoms with Crippen LogP contribution in [-0.4, -0.2) is 48.9 Å². The van der Waals surface area contributed by atoms with Gasteiger partial charge in [-0.3, -0.25) is 4.79 Å². The smallest absolute Gasteiger partial charge is 0.224 e. The van der Waals surface area contributed by atoms with Gasteiger partial charge < -0.3 is 15.5 Å². The zero-order valence-corrected chi connectivity index (χ0v) is 11.7. The molecule has 1 heterocycles. The standard InChI is InChI=1S/C15H23N3O/c1-17(2)13-8-9-18(11-13)15(19)10-14(16)12-6-4-3-5-7-12/h3-7,13-14H,8-11,16H2,1-2H3. The molecular weight excluding hydrogens is 238 g/mol. The summed E-state index contributed by atoms with van der Waals surface area (Å²) in [6, 6.07) is 10.1. The molecule has 2 rings (SSSR count). The van der Waals surface area contributed by atoms with E-state index in [9.17, 15) is 4.79 Å². The number of likely N-dealkylation sites (N-methyl/N-ethyl adjacent to an activating group) is 1. The fourth-order valence-electron chi connectivity index (χ4n) is 2.53. The van der Waals surface area contributed by atoms with Crippen molar-refractivity contribution in [1.29, 1.82) is 0 Å². The Hall–Kier alpha value is -1.39. The summed E-state index contributed by atoms with van der Waals surface area (Å²) < 4.78 is 0. The van der Waals surface area contributed by atoms with Gasteiger partial charge in [0.1, 0.15) is 0 Å². The van der Waals surface area contributed by atoms with Crippen molar-refractivity contribution in [3.63, 3.8) is 0 Å². The first-order valence-electron chi connectivity index (χ1n) is 6.82. The number of carbonyl (C=O) groups excluding carboxylic acids is 1. The Labute approximate surface area is 115 Å². The Morgan fingerprint density at radius 2 is 2.11 bits per heavy atom. The molecule has 4 nitrogen and oxygen atoms in total. The highest BCUT2D eigenvalue weighted by atomic mass is 16.2. The van der Waals surface area contributed by atoms with E-state index in [1.165, 1.54) is 0 Å². The van der Waals surface area contributed by atoms with Crippen LogP contribution in [0, 0.1) is 0 Å². The molecule has 1 aliphatic heterocycles. The van der Waals surface area contributed by atoms with Gasteiger partial charge in [-0.25, -0.2) is 0 Å². The van der Waals surface area contributed by atoms with Crippen LogP contribution in [0.15, 0.2) is 30.3 Å². The Bertz CT molecular complexity index is 419. The highest BCUT2D eigenvalue weighted by Crippen LogP contribution is 2.18. The second-order valence-electron chi connectivity index (χ2n) is 5.47. The molecule has 19 heavy (non-hydrogen) atoms. The van der Waals surface area contributed by atoms with E-state index < -0.39 is 0 Å². The third-order valence-electron chi connectivity index (χ3n) is 3.87. The monoisotopic (exact) mass is 261 g/mol. The first-order chi connectivity index (χ1) is 9.08. The molecule has 4 heteroatoms. The summed E-state index contributed by atoms with van der Waals surface area (Å²) in [5, 5.41) is 0. The second kappa shape index (κ2) is 6.17. The fourth-order valence-corrected chi connectivity index (χ4v) is 2.53. The van der Waals surface area contributed by atoms with E-state index in [-0.39, 0.29) is 11.9 Å². The van der Waals surface area contributed by atoms with Crippen molar-refractivity contribution in [2.45, 2.75) is 24.9 Å². The minimum Gasteiger partial charge on any atom is -0.341 e. The molecule has 2 N–H and O–H groups in total. The third kappa shape index (κ3) is 3.55. The molecule has 0 bridgehead atoms. The van der Waals surface area contributed by atoms with E-state index in [0.29, 0.717) is 12.5 Å². The molecule has 0 aliphatic carbocycles. The lowest BCUT2D eigenvalue weighted by Crippen LogP contribution is -2.35. The van der Waals surface area contributed by atoms with Gasteiger partial charge in [0.15, 0.2) is 0 Å². The van der Waals surface area contributed by atoms with Crippen LogP contribution < -0.4 is 5.73 Å². The van der Waals surface area contributed by atoms with E-state index in [4.69, 9.17) is 5.73 Å². The average Bonchev–Trinajstić information content (AvgIpc) is 2.89. The molecule has 2 atom stereocenters.